The first kappa shape index (κ1) is 17.8. The van der Waals surface area contributed by atoms with E-state index in [0.717, 1.165) is 26.3 Å². The highest BCUT2D eigenvalue weighted by atomic mass is 79.9. The Morgan fingerprint density at radius 1 is 0.815 bits per heavy atom. The summed E-state index contributed by atoms with van der Waals surface area (Å²) < 4.78 is 0.905. The molecule has 132 valence electrons. The van der Waals surface area contributed by atoms with Gasteiger partial charge in [0.25, 0.3) is 0 Å². The van der Waals surface area contributed by atoms with Gasteiger partial charge in [-0.3, -0.25) is 4.79 Å². The molecule has 4 heteroatoms. The third-order valence-electron chi connectivity index (χ3n) is 4.16. The predicted molar refractivity (Wildman–Crippen MR) is 118 cm³/mol. The molecule has 0 bridgehead atoms. The lowest BCUT2D eigenvalue weighted by molar-refractivity contribution is -0.109. The number of thioether (sulfide) groups is 1. The Hall–Kier alpha value is -2.56. The van der Waals surface area contributed by atoms with E-state index < -0.39 is 0 Å². The molecule has 0 saturated heterocycles. The van der Waals surface area contributed by atoms with E-state index >= 15 is 0 Å². The van der Waals surface area contributed by atoms with Crippen LogP contribution in [0.4, 0.5) is 5.69 Å². The first-order valence-electron chi connectivity index (χ1n) is 8.53. The van der Waals surface area contributed by atoms with Gasteiger partial charge in [0.1, 0.15) is 0 Å². The molecule has 0 saturated carbocycles. The van der Waals surface area contributed by atoms with Crippen molar-refractivity contribution in [3.05, 3.63) is 110 Å². The summed E-state index contributed by atoms with van der Waals surface area (Å²) in [6.07, 6.45) is 1.95. The molecule has 0 fully saturated rings. The van der Waals surface area contributed by atoms with Crippen molar-refractivity contribution in [2.75, 3.05) is 5.32 Å². The molecule has 0 radical (unpaired) electrons. The van der Waals surface area contributed by atoms with Crippen LogP contribution in [-0.2, 0) is 4.79 Å². The second-order valence-corrected chi connectivity index (χ2v) is 7.93. The number of carbonyl (C=O) groups is 1. The second kappa shape index (κ2) is 7.99. The summed E-state index contributed by atoms with van der Waals surface area (Å²) in [5.74, 6) is 0.0363. The number of rotatable bonds is 4. The summed E-state index contributed by atoms with van der Waals surface area (Å²) in [6.45, 7) is 0. The van der Waals surface area contributed by atoms with Gasteiger partial charge in [-0.2, -0.15) is 0 Å². The molecule has 1 aliphatic heterocycles. The zero-order chi connectivity index (χ0) is 18.6. The summed E-state index contributed by atoms with van der Waals surface area (Å²) in [6, 6.07) is 27.7. The zero-order valence-corrected chi connectivity index (χ0v) is 16.8. The fourth-order valence-corrected chi connectivity index (χ4v) is 4.44. The van der Waals surface area contributed by atoms with E-state index in [2.05, 4.69) is 21.2 Å². The van der Waals surface area contributed by atoms with Gasteiger partial charge in [-0.05, 0) is 29.8 Å². The van der Waals surface area contributed by atoms with Crippen molar-refractivity contribution < 1.29 is 4.79 Å². The monoisotopic (exact) mass is 433 g/mol. The van der Waals surface area contributed by atoms with Crippen molar-refractivity contribution in [1.82, 2.24) is 0 Å². The van der Waals surface area contributed by atoms with Gasteiger partial charge in [-0.15, -0.1) is 0 Å². The quantitative estimate of drug-likeness (QED) is 0.470. The number of nitrogens with one attached hydrogen (secondary N) is 1. The fraction of sp³-hybridized carbons (Fsp3) is 0. The third kappa shape index (κ3) is 3.92. The molecule has 3 aromatic carbocycles. The lowest BCUT2D eigenvalue weighted by Gasteiger charge is -2.10. The molecular formula is C23H16BrNOS. The second-order valence-electron chi connectivity index (χ2n) is 6.03. The van der Waals surface area contributed by atoms with Crippen molar-refractivity contribution in [3.63, 3.8) is 0 Å². The Labute approximate surface area is 171 Å². The molecule has 1 aliphatic rings. The highest BCUT2D eigenvalue weighted by Crippen LogP contribution is 2.45. The topological polar surface area (TPSA) is 29.1 Å². The molecule has 1 N–H and O–H groups in total. The van der Waals surface area contributed by atoms with Gasteiger partial charge < -0.3 is 5.32 Å². The number of halogens is 1. The Bertz CT molecular complexity index is 1040. The van der Waals surface area contributed by atoms with E-state index in [1.807, 2.05) is 91.0 Å². The first-order chi connectivity index (χ1) is 13.2. The van der Waals surface area contributed by atoms with Crippen LogP contribution in [0.1, 0.15) is 11.1 Å². The largest absolute Gasteiger partial charge is 0.349 e. The SMILES string of the molecule is O=C1C(c2ccccc2Br)=C(Nc2ccccc2)S/C1=C\c1ccccc1. The van der Waals surface area contributed by atoms with Crippen LogP contribution >= 0.6 is 27.7 Å². The number of hydrogen-bond acceptors (Lipinski definition) is 3. The number of hydrogen-bond donors (Lipinski definition) is 1. The summed E-state index contributed by atoms with van der Waals surface area (Å²) in [5, 5.41) is 4.27. The number of ketones is 1. The number of Topliss-reactive ketones (excluding diaryl/α,β-unsaturated/α-hetero) is 1. The van der Waals surface area contributed by atoms with E-state index in [1.165, 1.54) is 11.8 Å². The van der Waals surface area contributed by atoms with Crippen LogP contribution in [0.2, 0.25) is 0 Å². The van der Waals surface area contributed by atoms with E-state index in [0.29, 0.717) is 10.5 Å². The number of carbonyl (C=O) groups excluding carboxylic acids is 1. The van der Waals surface area contributed by atoms with Crippen LogP contribution in [0.15, 0.2) is 99.3 Å². The van der Waals surface area contributed by atoms with Gasteiger partial charge in [-0.1, -0.05) is 94.4 Å². The van der Waals surface area contributed by atoms with Crippen LogP contribution in [0.25, 0.3) is 11.6 Å². The van der Waals surface area contributed by atoms with Crippen LogP contribution in [0, 0.1) is 0 Å². The summed E-state index contributed by atoms with van der Waals surface area (Å²) in [4.78, 5) is 14.0. The third-order valence-corrected chi connectivity index (χ3v) is 5.89. The minimum atomic E-state index is 0.0363. The van der Waals surface area contributed by atoms with Crippen LogP contribution in [0.3, 0.4) is 0 Å². The van der Waals surface area contributed by atoms with Crippen molar-refractivity contribution in [3.8, 4) is 0 Å². The van der Waals surface area contributed by atoms with Crippen LogP contribution in [0.5, 0.6) is 0 Å². The van der Waals surface area contributed by atoms with Crippen molar-refractivity contribution >= 4 is 50.8 Å². The Kier molecular flexibility index (Phi) is 5.28. The fourth-order valence-electron chi connectivity index (χ4n) is 2.88. The Balaban J connectivity index is 1.78. The standard InChI is InChI=1S/C23H16BrNOS/c24-19-14-8-7-13-18(19)21-22(26)20(15-16-9-3-1-4-10-16)27-23(21)25-17-11-5-2-6-12-17/h1-15,25H/b20-15-. The van der Waals surface area contributed by atoms with E-state index in [4.69, 9.17) is 0 Å². The van der Waals surface area contributed by atoms with Crippen molar-refractivity contribution in [1.29, 1.82) is 0 Å². The van der Waals surface area contributed by atoms with Gasteiger partial charge in [0.15, 0.2) is 0 Å². The average molecular weight is 434 g/mol. The smallest absolute Gasteiger partial charge is 0.203 e. The van der Waals surface area contributed by atoms with Crippen molar-refractivity contribution in [2.24, 2.45) is 0 Å². The van der Waals surface area contributed by atoms with Crippen molar-refractivity contribution in [2.45, 2.75) is 0 Å². The summed E-state index contributed by atoms with van der Waals surface area (Å²) >= 11 is 5.07. The Morgan fingerprint density at radius 2 is 1.44 bits per heavy atom. The Morgan fingerprint density at radius 3 is 2.15 bits per heavy atom. The molecule has 0 aromatic heterocycles. The minimum absolute atomic E-state index is 0.0363. The van der Waals surface area contributed by atoms with Crippen LogP contribution in [-0.4, -0.2) is 5.78 Å². The van der Waals surface area contributed by atoms with Gasteiger partial charge in [0, 0.05) is 15.7 Å². The molecule has 1 heterocycles. The maximum absolute atomic E-state index is 13.3. The van der Waals surface area contributed by atoms with Crippen LogP contribution < -0.4 is 5.32 Å². The number of allylic oxidation sites excluding steroid dienone is 2. The molecule has 4 rings (SSSR count). The molecule has 0 atom stereocenters. The van der Waals surface area contributed by atoms with Gasteiger partial charge in [0.2, 0.25) is 5.78 Å². The molecular weight excluding hydrogens is 418 g/mol. The minimum Gasteiger partial charge on any atom is -0.349 e. The highest BCUT2D eigenvalue weighted by Gasteiger charge is 2.31. The molecule has 27 heavy (non-hydrogen) atoms. The van der Waals surface area contributed by atoms with E-state index in [9.17, 15) is 4.79 Å². The van der Waals surface area contributed by atoms with E-state index in [-0.39, 0.29) is 5.78 Å². The normalized spacial score (nSPS) is 15.4. The van der Waals surface area contributed by atoms with Gasteiger partial charge in [-0.25, -0.2) is 0 Å². The number of anilines is 1. The molecule has 0 spiro atoms. The maximum atomic E-state index is 13.3. The van der Waals surface area contributed by atoms with Gasteiger partial charge in [0.05, 0.1) is 15.5 Å². The van der Waals surface area contributed by atoms with E-state index in [1.54, 1.807) is 0 Å². The summed E-state index contributed by atoms with van der Waals surface area (Å²) in [7, 11) is 0. The zero-order valence-electron chi connectivity index (χ0n) is 14.4. The summed E-state index contributed by atoms with van der Waals surface area (Å²) in [5.41, 5.74) is 3.56. The molecule has 0 aliphatic carbocycles. The first-order valence-corrected chi connectivity index (χ1v) is 10.1. The van der Waals surface area contributed by atoms with Gasteiger partial charge >= 0.3 is 0 Å². The molecule has 2 nitrogen and oxygen atoms in total. The predicted octanol–water partition coefficient (Wildman–Crippen LogP) is 6.59. The maximum Gasteiger partial charge on any atom is 0.203 e. The molecule has 0 amide bonds. The average Bonchev–Trinajstić information content (AvgIpc) is 2.99. The number of para-hydroxylation sites is 1. The molecule has 3 aromatic rings. The number of benzene rings is 3. The molecule has 0 unspecified atom stereocenters. The lowest BCUT2D eigenvalue weighted by Crippen LogP contribution is -2.02. The lowest BCUT2D eigenvalue weighted by atomic mass is 10.0. The highest BCUT2D eigenvalue weighted by molar-refractivity contribution is 9.10.